The molecule has 0 saturated carbocycles. The van der Waals surface area contributed by atoms with Gasteiger partial charge in [0.25, 0.3) is 0 Å². The fourth-order valence-corrected chi connectivity index (χ4v) is 2.15. The average Bonchev–Trinajstić information content (AvgIpc) is 2.39. The highest BCUT2D eigenvalue weighted by molar-refractivity contribution is 5.47. The summed E-state index contributed by atoms with van der Waals surface area (Å²) in [5.41, 5.74) is 0. The van der Waals surface area contributed by atoms with Gasteiger partial charge in [-0.1, -0.05) is 0 Å². The van der Waals surface area contributed by atoms with E-state index in [-0.39, 0.29) is 5.82 Å². The van der Waals surface area contributed by atoms with E-state index in [4.69, 9.17) is 4.74 Å². The molecule has 0 spiro atoms. The molecule has 0 N–H and O–H groups in total. The molecule has 1 saturated heterocycles. The van der Waals surface area contributed by atoms with Gasteiger partial charge in [-0.3, -0.25) is 4.79 Å². The highest BCUT2D eigenvalue weighted by atomic mass is 19.1. The van der Waals surface area contributed by atoms with Crippen LogP contribution in [0, 0.1) is 11.7 Å². The molecule has 2 rings (SSSR count). The number of hydrogen-bond acceptors (Lipinski definition) is 3. The molecule has 0 aromatic carbocycles. The molecule has 4 nitrogen and oxygen atoms in total. The number of likely N-dealkylation sites (tertiary alicyclic amines) is 1. The Labute approximate surface area is 106 Å². The van der Waals surface area contributed by atoms with Crippen molar-refractivity contribution in [3.63, 3.8) is 0 Å². The molecule has 0 bridgehead atoms. The summed E-state index contributed by atoms with van der Waals surface area (Å²) >= 11 is 0. The van der Waals surface area contributed by atoms with E-state index in [0.717, 1.165) is 25.4 Å². The molecule has 0 aliphatic carbocycles. The topological polar surface area (TPSA) is 42.4 Å². The maximum atomic E-state index is 12.7. The van der Waals surface area contributed by atoms with Crippen LogP contribution >= 0.6 is 0 Å². The van der Waals surface area contributed by atoms with E-state index in [9.17, 15) is 9.18 Å². The molecule has 5 heteroatoms. The summed E-state index contributed by atoms with van der Waals surface area (Å²) in [5.74, 6) is 0.367. The molecule has 2 atom stereocenters. The van der Waals surface area contributed by atoms with Gasteiger partial charge < -0.3 is 9.64 Å². The maximum Gasteiger partial charge on any atom is 0.213 e. The Morgan fingerprint density at radius 1 is 1.56 bits per heavy atom. The predicted molar refractivity (Wildman–Crippen MR) is 64.6 cm³/mol. The number of rotatable bonds is 4. The summed E-state index contributed by atoms with van der Waals surface area (Å²) in [6.07, 6.45) is 4.05. The van der Waals surface area contributed by atoms with Gasteiger partial charge in [-0.2, -0.15) is 0 Å². The van der Waals surface area contributed by atoms with Crippen LogP contribution in [0.4, 0.5) is 4.39 Å². The quantitative estimate of drug-likeness (QED) is 0.768. The molecule has 1 aromatic heterocycles. The maximum absolute atomic E-state index is 12.7. The van der Waals surface area contributed by atoms with Crippen LogP contribution in [0.5, 0.6) is 5.88 Å². The normalized spacial score (nSPS) is 23.8. The van der Waals surface area contributed by atoms with Gasteiger partial charge >= 0.3 is 0 Å². The van der Waals surface area contributed by atoms with E-state index in [1.807, 2.05) is 6.92 Å². The van der Waals surface area contributed by atoms with Crippen molar-refractivity contribution in [1.29, 1.82) is 0 Å². The third kappa shape index (κ3) is 3.18. The molecule has 18 heavy (non-hydrogen) atoms. The Hall–Kier alpha value is -1.65. The number of halogens is 1. The second-order valence-electron chi connectivity index (χ2n) is 4.72. The molecule has 1 amide bonds. The molecular formula is C13H17FN2O2. The highest BCUT2D eigenvalue weighted by Crippen LogP contribution is 2.21. The van der Waals surface area contributed by atoms with Crippen LogP contribution in [0.3, 0.4) is 0 Å². The van der Waals surface area contributed by atoms with Gasteiger partial charge in [0.1, 0.15) is 5.82 Å². The summed E-state index contributed by atoms with van der Waals surface area (Å²) in [6.45, 7) is 3.27. The summed E-state index contributed by atoms with van der Waals surface area (Å²) in [6, 6.07) is 3.14. The summed E-state index contributed by atoms with van der Waals surface area (Å²) < 4.78 is 18.2. The molecule has 0 radical (unpaired) electrons. The van der Waals surface area contributed by atoms with Crippen LogP contribution in [0.1, 0.15) is 19.8 Å². The van der Waals surface area contributed by atoms with Crippen LogP contribution in [0.15, 0.2) is 18.3 Å². The lowest BCUT2D eigenvalue weighted by molar-refractivity contribution is -0.122. The van der Waals surface area contributed by atoms with Crippen molar-refractivity contribution in [2.75, 3.05) is 13.2 Å². The number of hydrogen-bond donors (Lipinski definition) is 0. The van der Waals surface area contributed by atoms with E-state index in [0.29, 0.717) is 31.0 Å². The van der Waals surface area contributed by atoms with Gasteiger partial charge in [0.15, 0.2) is 0 Å². The van der Waals surface area contributed by atoms with Gasteiger partial charge in [-0.15, -0.1) is 0 Å². The lowest BCUT2D eigenvalue weighted by atomic mass is 9.95. The lowest BCUT2D eigenvalue weighted by Gasteiger charge is -2.35. The minimum absolute atomic E-state index is 0.308. The van der Waals surface area contributed by atoms with Crippen molar-refractivity contribution in [3.8, 4) is 5.88 Å². The van der Waals surface area contributed by atoms with Crippen molar-refractivity contribution in [1.82, 2.24) is 9.88 Å². The molecule has 1 aromatic rings. The zero-order valence-corrected chi connectivity index (χ0v) is 10.4. The van der Waals surface area contributed by atoms with E-state index >= 15 is 0 Å². The Bertz CT molecular complexity index is 396. The molecule has 1 aliphatic rings. The Morgan fingerprint density at radius 3 is 3.06 bits per heavy atom. The zero-order valence-electron chi connectivity index (χ0n) is 10.4. The van der Waals surface area contributed by atoms with Crippen molar-refractivity contribution >= 4 is 6.41 Å². The minimum atomic E-state index is -0.374. The average molecular weight is 252 g/mol. The second kappa shape index (κ2) is 5.80. The monoisotopic (exact) mass is 252 g/mol. The van der Waals surface area contributed by atoms with Crippen LogP contribution in [-0.2, 0) is 4.79 Å². The summed E-state index contributed by atoms with van der Waals surface area (Å²) in [7, 11) is 0. The molecule has 1 unspecified atom stereocenters. The second-order valence-corrected chi connectivity index (χ2v) is 4.72. The number of carbonyl (C=O) groups excluding carboxylic acids is 1. The number of ether oxygens (including phenoxy) is 1. The standard InChI is InChI=1S/C13H17FN2O2/c1-10-2-3-11(7-16(10)9-17)8-18-13-5-4-12(14)6-15-13/h4-6,9-11H,2-3,7-8H2,1H3/t10-,11?/m1/s1. The molecule has 1 aliphatic heterocycles. The first-order chi connectivity index (χ1) is 8.69. The third-order valence-electron chi connectivity index (χ3n) is 3.33. The SMILES string of the molecule is C[C@@H]1CCC(COc2ccc(F)cn2)CN1C=O. The van der Waals surface area contributed by atoms with Crippen LogP contribution in [-0.4, -0.2) is 35.5 Å². The Morgan fingerprint density at radius 2 is 2.39 bits per heavy atom. The molecule has 98 valence electrons. The number of amides is 1. The molecule has 1 fully saturated rings. The Balaban J connectivity index is 1.83. The number of pyridine rings is 1. The van der Waals surface area contributed by atoms with Crippen molar-refractivity contribution < 1.29 is 13.9 Å². The summed E-state index contributed by atoms with van der Waals surface area (Å²) in [4.78, 5) is 16.5. The van der Waals surface area contributed by atoms with Gasteiger partial charge in [0, 0.05) is 24.6 Å². The summed E-state index contributed by atoms with van der Waals surface area (Å²) in [5, 5.41) is 0. The van der Waals surface area contributed by atoms with Crippen LogP contribution in [0.25, 0.3) is 0 Å². The van der Waals surface area contributed by atoms with Crippen molar-refractivity contribution in [2.45, 2.75) is 25.8 Å². The first-order valence-electron chi connectivity index (χ1n) is 6.14. The largest absolute Gasteiger partial charge is 0.477 e. The highest BCUT2D eigenvalue weighted by Gasteiger charge is 2.24. The first-order valence-corrected chi connectivity index (χ1v) is 6.14. The van der Waals surface area contributed by atoms with E-state index < -0.39 is 0 Å². The van der Waals surface area contributed by atoms with Gasteiger partial charge in [0.05, 0.1) is 12.8 Å². The molecular weight excluding hydrogens is 235 g/mol. The van der Waals surface area contributed by atoms with Gasteiger partial charge in [-0.25, -0.2) is 9.37 Å². The van der Waals surface area contributed by atoms with Crippen LogP contribution in [0.2, 0.25) is 0 Å². The number of aromatic nitrogens is 1. The first kappa shape index (κ1) is 12.8. The lowest BCUT2D eigenvalue weighted by Crippen LogP contribution is -2.42. The van der Waals surface area contributed by atoms with Crippen LogP contribution < -0.4 is 4.74 Å². The predicted octanol–water partition coefficient (Wildman–Crippen LogP) is 1.86. The van der Waals surface area contributed by atoms with E-state index in [1.54, 1.807) is 4.90 Å². The fourth-order valence-electron chi connectivity index (χ4n) is 2.15. The minimum Gasteiger partial charge on any atom is -0.477 e. The number of carbonyl (C=O) groups is 1. The number of piperidine rings is 1. The van der Waals surface area contributed by atoms with E-state index in [1.165, 1.54) is 12.1 Å². The van der Waals surface area contributed by atoms with Gasteiger partial charge in [0.2, 0.25) is 12.3 Å². The van der Waals surface area contributed by atoms with Crippen molar-refractivity contribution in [2.24, 2.45) is 5.92 Å². The molecule has 2 heterocycles. The van der Waals surface area contributed by atoms with E-state index in [2.05, 4.69) is 4.98 Å². The zero-order chi connectivity index (χ0) is 13.0. The Kier molecular flexibility index (Phi) is 4.12. The van der Waals surface area contributed by atoms with Gasteiger partial charge in [-0.05, 0) is 25.8 Å². The van der Waals surface area contributed by atoms with Crippen molar-refractivity contribution in [3.05, 3.63) is 24.1 Å². The smallest absolute Gasteiger partial charge is 0.213 e. The fraction of sp³-hybridized carbons (Fsp3) is 0.538. The third-order valence-corrected chi connectivity index (χ3v) is 3.33. The number of nitrogens with zero attached hydrogens (tertiary/aromatic N) is 2.